The minimum Gasteiger partial charge on any atom is -0.507 e. The van der Waals surface area contributed by atoms with Gasteiger partial charge in [-0.3, -0.25) is 0 Å². The SMILES string of the molecule is COC(=O)c1cc(C(O)C(=O)O)c(O)cc1OC. The van der Waals surface area contributed by atoms with Crippen LogP contribution in [0.3, 0.4) is 0 Å². The molecule has 0 amide bonds. The maximum atomic E-state index is 11.4. The van der Waals surface area contributed by atoms with Crippen molar-refractivity contribution in [2.75, 3.05) is 14.2 Å². The average Bonchev–Trinajstić information content (AvgIpc) is 2.36. The Bertz CT molecular complexity index is 481. The number of hydrogen-bond donors (Lipinski definition) is 3. The first-order valence-corrected chi connectivity index (χ1v) is 4.82. The Kier molecular flexibility index (Phi) is 4.11. The summed E-state index contributed by atoms with van der Waals surface area (Å²) in [6.45, 7) is 0. The van der Waals surface area contributed by atoms with Crippen molar-refractivity contribution in [1.29, 1.82) is 0 Å². The second kappa shape index (κ2) is 5.37. The van der Waals surface area contributed by atoms with Gasteiger partial charge < -0.3 is 24.8 Å². The predicted octanol–water partition coefficient (Wildman–Crippen LogP) is 0.305. The van der Waals surface area contributed by atoms with Gasteiger partial charge in [-0.2, -0.15) is 0 Å². The van der Waals surface area contributed by atoms with Gasteiger partial charge in [0.2, 0.25) is 0 Å². The summed E-state index contributed by atoms with van der Waals surface area (Å²) >= 11 is 0. The highest BCUT2D eigenvalue weighted by Gasteiger charge is 2.24. The first kappa shape index (κ1) is 13.8. The van der Waals surface area contributed by atoms with Gasteiger partial charge in [-0.1, -0.05) is 0 Å². The molecule has 0 aliphatic heterocycles. The van der Waals surface area contributed by atoms with Crippen LogP contribution >= 0.6 is 0 Å². The van der Waals surface area contributed by atoms with E-state index in [1.165, 1.54) is 7.11 Å². The molecule has 0 spiro atoms. The van der Waals surface area contributed by atoms with Crippen LogP contribution in [0.5, 0.6) is 11.5 Å². The lowest BCUT2D eigenvalue weighted by Gasteiger charge is -2.13. The number of esters is 1. The van der Waals surface area contributed by atoms with Crippen molar-refractivity contribution >= 4 is 11.9 Å². The Hall–Kier alpha value is -2.28. The highest BCUT2D eigenvalue weighted by molar-refractivity contribution is 5.93. The standard InChI is InChI=1S/C11H12O7/c1-17-8-4-7(12)5(9(13)10(14)15)3-6(8)11(16)18-2/h3-4,9,12-13H,1-2H3,(H,14,15). The number of carbonyl (C=O) groups excluding carboxylic acids is 1. The Labute approximate surface area is 102 Å². The van der Waals surface area contributed by atoms with E-state index in [9.17, 15) is 19.8 Å². The summed E-state index contributed by atoms with van der Waals surface area (Å²) in [5.41, 5.74) is -0.406. The number of phenols is 1. The number of carbonyl (C=O) groups is 2. The Balaban J connectivity index is 3.38. The highest BCUT2D eigenvalue weighted by Crippen LogP contribution is 2.32. The van der Waals surface area contributed by atoms with Gasteiger partial charge in [0.25, 0.3) is 0 Å². The van der Waals surface area contributed by atoms with Gasteiger partial charge in [0.05, 0.1) is 14.2 Å². The molecule has 1 atom stereocenters. The minimum atomic E-state index is -1.95. The Morgan fingerprint density at radius 2 is 1.89 bits per heavy atom. The summed E-state index contributed by atoms with van der Waals surface area (Å²) in [7, 11) is 2.41. The molecule has 0 aliphatic rings. The van der Waals surface area contributed by atoms with Gasteiger partial charge in [0, 0.05) is 11.6 Å². The fourth-order valence-electron chi connectivity index (χ4n) is 1.38. The lowest BCUT2D eigenvalue weighted by molar-refractivity contribution is -0.147. The average molecular weight is 256 g/mol. The molecule has 7 heteroatoms. The molecule has 0 aliphatic carbocycles. The van der Waals surface area contributed by atoms with Gasteiger partial charge >= 0.3 is 11.9 Å². The number of ether oxygens (including phenoxy) is 2. The quantitative estimate of drug-likeness (QED) is 0.664. The van der Waals surface area contributed by atoms with Gasteiger partial charge in [-0.05, 0) is 6.07 Å². The largest absolute Gasteiger partial charge is 0.507 e. The van der Waals surface area contributed by atoms with Crippen molar-refractivity contribution in [3.63, 3.8) is 0 Å². The van der Waals surface area contributed by atoms with Crippen LogP contribution in [0.2, 0.25) is 0 Å². The van der Waals surface area contributed by atoms with Gasteiger partial charge in [-0.15, -0.1) is 0 Å². The number of aromatic hydroxyl groups is 1. The smallest absolute Gasteiger partial charge is 0.341 e. The molecule has 3 N–H and O–H groups in total. The molecule has 0 saturated heterocycles. The monoisotopic (exact) mass is 256 g/mol. The lowest BCUT2D eigenvalue weighted by atomic mass is 10.0. The highest BCUT2D eigenvalue weighted by atomic mass is 16.5. The number of aliphatic hydroxyl groups excluding tert-OH is 1. The zero-order valence-electron chi connectivity index (χ0n) is 9.71. The number of benzene rings is 1. The molecule has 0 bridgehead atoms. The molecule has 0 heterocycles. The molecule has 1 rings (SSSR count). The molecule has 1 unspecified atom stereocenters. The van der Waals surface area contributed by atoms with Gasteiger partial charge in [0.15, 0.2) is 6.10 Å². The molecular weight excluding hydrogens is 244 g/mol. The van der Waals surface area contributed by atoms with Crippen LogP contribution in [0.15, 0.2) is 12.1 Å². The first-order valence-electron chi connectivity index (χ1n) is 4.82. The third-order valence-electron chi connectivity index (χ3n) is 2.28. The lowest BCUT2D eigenvalue weighted by Crippen LogP contribution is -2.13. The fourth-order valence-corrected chi connectivity index (χ4v) is 1.38. The maximum absolute atomic E-state index is 11.4. The van der Waals surface area contributed by atoms with E-state index in [4.69, 9.17) is 9.84 Å². The second-order valence-electron chi connectivity index (χ2n) is 3.34. The number of aliphatic carboxylic acids is 1. The molecule has 7 nitrogen and oxygen atoms in total. The molecule has 18 heavy (non-hydrogen) atoms. The van der Waals surface area contributed by atoms with E-state index in [2.05, 4.69) is 4.74 Å². The van der Waals surface area contributed by atoms with Crippen molar-refractivity contribution < 1.29 is 34.4 Å². The Morgan fingerprint density at radius 3 is 2.33 bits per heavy atom. The van der Waals surface area contributed by atoms with Crippen LogP contribution < -0.4 is 4.74 Å². The summed E-state index contributed by atoms with van der Waals surface area (Å²) < 4.78 is 9.34. The summed E-state index contributed by atoms with van der Waals surface area (Å²) in [6, 6.07) is 2.05. The number of hydrogen-bond acceptors (Lipinski definition) is 6. The van der Waals surface area contributed by atoms with Crippen molar-refractivity contribution in [3.05, 3.63) is 23.3 Å². The van der Waals surface area contributed by atoms with E-state index in [-0.39, 0.29) is 16.9 Å². The number of methoxy groups -OCH3 is 2. The topological polar surface area (TPSA) is 113 Å². The number of phenolic OH excluding ortho intramolecular Hbond substituents is 1. The molecule has 98 valence electrons. The van der Waals surface area contributed by atoms with E-state index >= 15 is 0 Å². The van der Waals surface area contributed by atoms with E-state index in [0.717, 1.165) is 19.2 Å². The molecule has 1 aromatic rings. The van der Waals surface area contributed by atoms with Crippen LogP contribution in [0.1, 0.15) is 22.0 Å². The molecule has 0 fully saturated rings. The van der Waals surface area contributed by atoms with Crippen molar-refractivity contribution in [1.82, 2.24) is 0 Å². The summed E-state index contributed by atoms with van der Waals surface area (Å²) in [6.07, 6.45) is -1.95. The van der Waals surface area contributed by atoms with E-state index in [1.807, 2.05) is 0 Å². The molecule has 1 aromatic carbocycles. The first-order chi connectivity index (χ1) is 8.42. The van der Waals surface area contributed by atoms with E-state index < -0.39 is 23.8 Å². The van der Waals surface area contributed by atoms with Gasteiger partial charge in [0.1, 0.15) is 17.1 Å². The van der Waals surface area contributed by atoms with Crippen LogP contribution in [-0.2, 0) is 9.53 Å². The van der Waals surface area contributed by atoms with Crippen molar-refractivity contribution in [2.24, 2.45) is 0 Å². The number of carboxylic acids is 1. The van der Waals surface area contributed by atoms with E-state index in [0.29, 0.717) is 0 Å². The van der Waals surface area contributed by atoms with Crippen molar-refractivity contribution in [2.45, 2.75) is 6.10 Å². The van der Waals surface area contributed by atoms with Crippen molar-refractivity contribution in [3.8, 4) is 11.5 Å². The third kappa shape index (κ3) is 2.51. The summed E-state index contributed by atoms with van der Waals surface area (Å²) in [4.78, 5) is 22.1. The number of aliphatic hydroxyl groups is 1. The number of carboxylic acid groups (broad SMARTS) is 1. The van der Waals surface area contributed by atoms with Crippen LogP contribution in [0.25, 0.3) is 0 Å². The van der Waals surface area contributed by atoms with Crippen LogP contribution in [0.4, 0.5) is 0 Å². The van der Waals surface area contributed by atoms with Crippen LogP contribution in [-0.4, -0.2) is 41.5 Å². The fraction of sp³-hybridized carbons (Fsp3) is 0.273. The molecule has 0 aromatic heterocycles. The number of rotatable bonds is 4. The molecule has 0 saturated carbocycles. The maximum Gasteiger partial charge on any atom is 0.341 e. The predicted molar refractivity (Wildman–Crippen MR) is 58.6 cm³/mol. The van der Waals surface area contributed by atoms with Crippen LogP contribution in [0, 0.1) is 0 Å². The summed E-state index contributed by atoms with van der Waals surface area (Å²) in [5.74, 6) is -2.80. The Morgan fingerprint density at radius 1 is 1.28 bits per heavy atom. The minimum absolute atomic E-state index is 0.0145. The molecular formula is C11H12O7. The molecule has 0 radical (unpaired) electrons. The third-order valence-corrected chi connectivity index (χ3v) is 2.28. The zero-order chi connectivity index (χ0) is 13.9. The second-order valence-corrected chi connectivity index (χ2v) is 3.34. The normalized spacial score (nSPS) is 11.7. The zero-order valence-corrected chi connectivity index (χ0v) is 9.71. The summed E-state index contributed by atoms with van der Waals surface area (Å²) in [5, 5.41) is 27.6. The van der Waals surface area contributed by atoms with E-state index in [1.54, 1.807) is 0 Å². The van der Waals surface area contributed by atoms with Gasteiger partial charge in [-0.25, -0.2) is 9.59 Å².